The van der Waals surface area contributed by atoms with Gasteiger partial charge in [-0.25, -0.2) is 0 Å². The molecule has 0 saturated carbocycles. The van der Waals surface area contributed by atoms with E-state index in [2.05, 4.69) is 0 Å². The molecule has 0 bridgehead atoms. The molecule has 0 unspecified atom stereocenters. The van der Waals surface area contributed by atoms with Gasteiger partial charge in [-0.3, -0.25) is 19.8 Å². The van der Waals surface area contributed by atoms with Crippen LogP contribution in [0.2, 0.25) is 0 Å². The van der Waals surface area contributed by atoms with E-state index in [1.54, 1.807) is 4.90 Å². The minimum Gasteiger partial charge on any atom is -0.507 e. The minimum atomic E-state index is -0.654. The lowest BCUT2D eigenvalue weighted by Crippen LogP contribution is -2.29. The molecule has 8 nitrogen and oxygen atoms in total. The summed E-state index contributed by atoms with van der Waals surface area (Å²) in [5.74, 6) is -0.327. The number of aromatic hydroxyl groups is 1. The number of nitro benzene ring substituents is 1. The van der Waals surface area contributed by atoms with Gasteiger partial charge in [-0.05, 0) is 0 Å². The molecular weight excluding hydrogens is 268 g/mol. The van der Waals surface area contributed by atoms with Crippen LogP contribution in [0.25, 0.3) is 0 Å². The Balaban J connectivity index is 3.11. The van der Waals surface area contributed by atoms with Crippen LogP contribution in [0.15, 0.2) is 12.1 Å². The molecule has 110 valence electrons. The Kier molecular flexibility index (Phi) is 6.04. The number of aliphatic hydroxyl groups is 2. The normalized spacial score (nSPS) is 10.8. The number of nitro groups is 1. The molecule has 1 rings (SSSR count). The van der Waals surface area contributed by atoms with Crippen molar-refractivity contribution in [3.8, 4) is 5.75 Å². The highest BCUT2D eigenvalue weighted by Gasteiger charge is 2.17. The number of rotatable bonds is 8. The topological polar surface area (TPSA) is 124 Å². The van der Waals surface area contributed by atoms with Gasteiger partial charge in [0, 0.05) is 37.3 Å². The van der Waals surface area contributed by atoms with E-state index in [1.807, 2.05) is 0 Å². The van der Waals surface area contributed by atoms with Crippen molar-refractivity contribution in [1.29, 1.82) is 0 Å². The van der Waals surface area contributed by atoms with Crippen LogP contribution in [-0.4, -0.2) is 57.7 Å². The van der Waals surface area contributed by atoms with Crippen molar-refractivity contribution in [3.63, 3.8) is 0 Å². The number of benzene rings is 1. The molecule has 0 aromatic heterocycles. The largest absolute Gasteiger partial charge is 0.507 e. The third-order valence-corrected chi connectivity index (χ3v) is 2.77. The van der Waals surface area contributed by atoms with Gasteiger partial charge < -0.3 is 15.3 Å². The summed E-state index contributed by atoms with van der Waals surface area (Å²) in [4.78, 5) is 22.5. The second-order valence-corrected chi connectivity index (χ2v) is 4.14. The third kappa shape index (κ3) is 3.98. The van der Waals surface area contributed by atoms with Crippen LogP contribution < -0.4 is 0 Å². The molecule has 3 N–H and O–H groups in total. The van der Waals surface area contributed by atoms with Crippen LogP contribution in [0.5, 0.6) is 5.75 Å². The van der Waals surface area contributed by atoms with Crippen LogP contribution in [0, 0.1) is 10.1 Å². The summed E-state index contributed by atoms with van der Waals surface area (Å²) in [6, 6.07) is 2.17. The molecule has 0 aliphatic carbocycles. The maximum absolute atomic E-state index is 10.8. The van der Waals surface area contributed by atoms with Gasteiger partial charge in [0.05, 0.1) is 23.7 Å². The Bertz CT molecular complexity index is 485. The SMILES string of the molecule is O=Cc1cc([N+](=O)[O-])cc(CN(CCO)CCO)c1O. The summed E-state index contributed by atoms with van der Waals surface area (Å²) in [5.41, 5.74) is -0.266. The van der Waals surface area contributed by atoms with E-state index >= 15 is 0 Å². The number of aldehydes is 1. The van der Waals surface area contributed by atoms with E-state index in [1.165, 1.54) is 6.07 Å². The first-order valence-corrected chi connectivity index (χ1v) is 5.93. The van der Waals surface area contributed by atoms with Crippen molar-refractivity contribution in [1.82, 2.24) is 4.90 Å². The van der Waals surface area contributed by atoms with Crippen molar-refractivity contribution in [2.24, 2.45) is 0 Å². The second-order valence-electron chi connectivity index (χ2n) is 4.14. The number of carbonyl (C=O) groups excluding carboxylic acids is 1. The third-order valence-electron chi connectivity index (χ3n) is 2.77. The Morgan fingerprint density at radius 3 is 2.30 bits per heavy atom. The molecule has 0 heterocycles. The number of phenolic OH excluding ortho intramolecular Hbond substituents is 1. The van der Waals surface area contributed by atoms with Gasteiger partial charge in [0.2, 0.25) is 0 Å². The molecule has 0 saturated heterocycles. The molecule has 20 heavy (non-hydrogen) atoms. The van der Waals surface area contributed by atoms with Crippen LogP contribution in [-0.2, 0) is 6.54 Å². The predicted molar refractivity (Wildman–Crippen MR) is 69.6 cm³/mol. The summed E-state index contributed by atoms with van der Waals surface area (Å²) < 4.78 is 0. The molecule has 8 heteroatoms. The number of phenols is 1. The molecule has 0 atom stereocenters. The maximum atomic E-state index is 10.8. The summed E-state index contributed by atoms with van der Waals surface area (Å²) >= 11 is 0. The van der Waals surface area contributed by atoms with E-state index in [4.69, 9.17) is 10.2 Å². The summed E-state index contributed by atoms with van der Waals surface area (Å²) in [7, 11) is 0. The van der Waals surface area contributed by atoms with E-state index in [0.29, 0.717) is 6.29 Å². The van der Waals surface area contributed by atoms with E-state index < -0.39 is 4.92 Å². The number of hydrogen-bond donors (Lipinski definition) is 3. The first-order valence-electron chi connectivity index (χ1n) is 5.93. The maximum Gasteiger partial charge on any atom is 0.270 e. The smallest absolute Gasteiger partial charge is 0.270 e. The van der Waals surface area contributed by atoms with Crippen LogP contribution in [0.3, 0.4) is 0 Å². The van der Waals surface area contributed by atoms with E-state index in [0.717, 1.165) is 6.07 Å². The zero-order chi connectivity index (χ0) is 15.1. The Labute approximate surface area is 115 Å². The quantitative estimate of drug-likeness (QED) is 0.346. The average Bonchev–Trinajstić information content (AvgIpc) is 2.41. The lowest BCUT2D eigenvalue weighted by Gasteiger charge is -2.20. The lowest BCUT2D eigenvalue weighted by atomic mass is 10.1. The van der Waals surface area contributed by atoms with Crippen molar-refractivity contribution in [2.75, 3.05) is 26.3 Å². The first-order chi connectivity index (χ1) is 9.53. The van der Waals surface area contributed by atoms with Crippen molar-refractivity contribution < 1.29 is 25.0 Å². The highest BCUT2D eigenvalue weighted by Crippen LogP contribution is 2.28. The molecule has 0 fully saturated rings. The minimum absolute atomic E-state index is 0.0788. The standard InChI is InChI=1S/C12H16N2O6/c15-3-1-13(2-4-16)7-9-5-11(14(19)20)6-10(8-17)12(9)18/h5-6,8,15-16,18H,1-4,7H2. The first kappa shape index (κ1) is 16.0. The molecule has 0 aliphatic heterocycles. The zero-order valence-electron chi connectivity index (χ0n) is 10.7. The van der Waals surface area contributed by atoms with Crippen molar-refractivity contribution in [2.45, 2.75) is 6.54 Å². The highest BCUT2D eigenvalue weighted by molar-refractivity contribution is 5.81. The second kappa shape index (κ2) is 7.53. The Hall–Kier alpha value is -2.03. The van der Waals surface area contributed by atoms with Crippen LogP contribution in [0.4, 0.5) is 5.69 Å². The molecule has 1 aromatic rings. The molecule has 0 aliphatic rings. The van der Waals surface area contributed by atoms with Gasteiger partial charge in [0.15, 0.2) is 6.29 Å². The van der Waals surface area contributed by atoms with Crippen LogP contribution in [0.1, 0.15) is 15.9 Å². The van der Waals surface area contributed by atoms with Gasteiger partial charge in [-0.15, -0.1) is 0 Å². The number of hydrogen-bond acceptors (Lipinski definition) is 7. The molecule has 0 spiro atoms. The van der Waals surface area contributed by atoms with E-state index in [-0.39, 0.29) is 55.4 Å². The fraction of sp³-hybridized carbons (Fsp3) is 0.417. The van der Waals surface area contributed by atoms with Crippen molar-refractivity contribution in [3.05, 3.63) is 33.4 Å². The molecule has 1 aromatic carbocycles. The number of aliphatic hydroxyl groups excluding tert-OH is 2. The zero-order valence-corrected chi connectivity index (χ0v) is 10.7. The fourth-order valence-electron chi connectivity index (χ4n) is 1.81. The lowest BCUT2D eigenvalue weighted by molar-refractivity contribution is -0.385. The molecule has 0 amide bonds. The van der Waals surface area contributed by atoms with Crippen LogP contribution >= 0.6 is 0 Å². The summed E-state index contributed by atoms with van der Waals surface area (Å²) in [6.45, 7) is 0.236. The average molecular weight is 284 g/mol. The Morgan fingerprint density at radius 2 is 1.85 bits per heavy atom. The molecule has 0 radical (unpaired) electrons. The van der Waals surface area contributed by atoms with Gasteiger partial charge >= 0.3 is 0 Å². The monoisotopic (exact) mass is 284 g/mol. The fourth-order valence-corrected chi connectivity index (χ4v) is 1.81. The van der Waals surface area contributed by atoms with Gasteiger partial charge in [-0.1, -0.05) is 0 Å². The van der Waals surface area contributed by atoms with Gasteiger partial charge in [0.1, 0.15) is 5.75 Å². The Morgan fingerprint density at radius 1 is 1.25 bits per heavy atom. The number of non-ortho nitro benzene ring substituents is 1. The number of nitrogens with zero attached hydrogens (tertiary/aromatic N) is 2. The van der Waals surface area contributed by atoms with Crippen molar-refractivity contribution >= 4 is 12.0 Å². The number of carbonyl (C=O) groups is 1. The summed E-state index contributed by atoms with van der Waals surface area (Å²) in [6.07, 6.45) is 0.342. The van der Waals surface area contributed by atoms with E-state index in [9.17, 15) is 20.0 Å². The highest BCUT2D eigenvalue weighted by atomic mass is 16.6. The predicted octanol–water partition coefficient (Wildman–Crippen LogP) is -0.100. The molecular formula is C12H16N2O6. The van der Waals surface area contributed by atoms with Gasteiger partial charge in [-0.2, -0.15) is 0 Å². The summed E-state index contributed by atoms with van der Waals surface area (Å²) in [5, 5.41) is 38.5. The van der Waals surface area contributed by atoms with Gasteiger partial charge in [0.25, 0.3) is 5.69 Å².